The normalized spacial score (nSPS) is 17.6. The van der Waals surface area contributed by atoms with Crippen molar-refractivity contribution in [3.63, 3.8) is 0 Å². The van der Waals surface area contributed by atoms with E-state index >= 15 is 0 Å². The summed E-state index contributed by atoms with van der Waals surface area (Å²) in [7, 11) is 0. The summed E-state index contributed by atoms with van der Waals surface area (Å²) in [5.74, 6) is 1.37. The number of pyridine rings is 1. The van der Waals surface area contributed by atoms with Crippen molar-refractivity contribution in [2.24, 2.45) is 0 Å². The van der Waals surface area contributed by atoms with Gasteiger partial charge in [-0.3, -0.25) is 4.98 Å². The molecule has 0 spiro atoms. The quantitative estimate of drug-likeness (QED) is 0.823. The third kappa shape index (κ3) is 2.64. The van der Waals surface area contributed by atoms with Crippen LogP contribution in [-0.4, -0.2) is 21.5 Å². The largest absolute Gasteiger partial charge is 0.312 e. The molecule has 2 aromatic heterocycles. The van der Waals surface area contributed by atoms with Crippen molar-refractivity contribution in [2.45, 2.75) is 31.7 Å². The fourth-order valence-electron chi connectivity index (χ4n) is 2.75. The van der Waals surface area contributed by atoms with E-state index in [1.165, 1.54) is 29.8 Å². The van der Waals surface area contributed by atoms with E-state index in [0.29, 0.717) is 5.92 Å². The lowest BCUT2D eigenvalue weighted by atomic mass is 10.0. The summed E-state index contributed by atoms with van der Waals surface area (Å²) in [5, 5.41) is 3.43. The van der Waals surface area contributed by atoms with Crippen LogP contribution in [0.3, 0.4) is 0 Å². The third-order valence-electron chi connectivity index (χ3n) is 3.95. The van der Waals surface area contributed by atoms with Crippen LogP contribution in [0, 0.1) is 0 Å². The molecule has 1 saturated carbocycles. The van der Waals surface area contributed by atoms with Gasteiger partial charge in [0.2, 0.25) is 0 Å². The Labute approximate surface area is 140 Å². The number of hydrogen-bond donors (Lipinski definition) is 1. The Balaban J connectivity index is 1.87. The summed E-state index contributed by atoms with van der Waals surface area (Å²) in [5.41, 5.74) is 4.57. The zero-order valence-electron chi connectivity index (χ0n) is 11.4. The van der Waals surface area contributed by atoms with E-state index in [4.69, 9.17) is 9.97 Å². The zero-order valence-corrected chi connectivity index (χ0v) is 14.5. The second-order valence-electron chi connectivity index (χ2n) is 5.54. The number of halogens is 2. The Bertz CT molecular complexity index is 713. The van der Waals surface area contributed by atoms with E-state index in [9.17, 15) is 0 Å². The first kappa shape index (κ1) is 13.8. The molecular weight excluding hydrogens is 396 g/mol. The molecule has 6 heteroatoms. The van der Waals surface area contributed by atoms with Crippen molar-refractivity contribution >= 4 is 31.9 Å². The highest BCUT2D eigenvalue weighted by atomic mass is 79.9. The fourth-order valence-corrected chi connectivity index (χ4v) is 3.91. The minimum absolute atomic E-state index is 0.620. The van der Waals surface area contributed by atoms with E-state index in [1.54, 1.807) is 6.20 Å². The monoisotopic (exact) mass is 408 g/mol. The minimum atomic E-state index is 0.620. The van der Waals surface area contributed by atoms with Crippen LogP contribution in [-0.2, 0) is 13.0 Å². The highest BCUT2D eigenvalue weighted by molar-refractivity contribution is 9.11. The molecule has 1 aliphatic heterocycles. The number of nitrogens with zero attached hydrogens (tertiary/aromatic N) is 3. The summed E-state index contributed by atoms with van der Waals surface area (Å²) in [4.78, 5) is 14.1. The average Bonchev–Trinajstić information content (AvgIpc) is 3.30. The molecule has 0 amide bonds. The fraction of sp³-hybridized carbons (Fsp3) is 0.400. The van der Waals surface area contributed by atoms with Crippen molar-refractivity contribution in [1.82, 2.24) is 20.3 Å². The lowest BCUT2D eigenvalue weighted by molar-refractivity contribution is 0.617. The first-order valence-electron chi connectivity index (χ1n) is 7.14. The van der Waals surface area contributed by atoms with Crippen LogP contribution in [0.25, 0.3) is 11.5 Å². The Hall–Kier alpha value is -0.850. The van der Waals surface area contributed by atoms with Gasteiger partial charge in [0.15, 0.2) is 5.82 Å². The van der Waals surface area contributed by atoms with E-state index in [1.807, 2.05) is 6.07 Å². The van der Waals surface area contributed by atoms with Gasteiger partial charge in [-0.2, -0.15) is 0 Å². The molecule has 1 N–H and O–H groups in total. The molecule has 2 aromatic rings. The van der Waals surface area contributed by atoms with E-state index < -0.39 is 0 Å². The second-order valence-corrected chi connectivity index (χ2v) is 7.31. The molecule has 2 aliphatic rings. The van der Waals surface area contributed by atoms with Crippen molar-refractivity contribution in [3.05, 3.63) is 38.2 Å². The summed E-state index contributed by atoms with van der Waals surface area (Å²) >= 11 is 7.01. The highest BCUT2D eigenvalue weighted by Gasteiger charge is 2.31. The van der Waals surface area contributed by atoms with Crippen LogP contribution >= 0.6 is 31.9 Å². The first-order chi connectivity index (χ1) is 10.2. The van der Waals surface area contributed by atoms with Gasteiger partial charge in [-0.1, -0.05) is 0 Å². The van der Waals surface area contributed by atoms with E-state index in [2.05, 4.69) is 42.2 Å². The summed E-state index contributed by atoms with van der Waals surface area (Å²) in [6.07, 6.45) is 5.26. The molecule has 4 rings (SSSR count). The number of aromatic nitrogens is 3. The SMILES string of the molecule is Brc1cnc(-c2nc3c(c(C4CC4)n2)CNCC3)c(Br)c1. The molecule has 1 fully saturated rings. The lowest BCUT2D eigenvalue weighted by Crippen LogP contribution is -2.26. The van der Waals surface area contributed by atoms with Gasteiger partial charge in [-0.25, -0.2) is 9.97 Å². The maximum atomic E-state index is 4.85. The van der Waals surface area contributed by atoms with Crippen molar-refractivity contribution in [3.8, 4) is 11.5 Å². The van der Waals surface area contributed by atoms with Gasteiger partial charge in [-0.15, -0.1) is 0 Å². The van der Waals surface area contributed by atoms with Crippen molar-refractivity contribution in [2.75, 3.05) is 6.54 Å². The van der Waals surface area contributed by atoms with Crippen LogP contribution in [0.1, 0.15) is 35.7 Å². The Kier molecular flexibility index (Phi) is 3.55. The molecule has 1 aliphatic carbocycles. The molecule has 0 atom stereocenters. The minimum Gasteiger partial charge on any atom is -0.312 e. The van der Waals surface area contributed by atoms with Gasteiger partial charge in [-0.05, 0) is 50.8 Å². The molecule has 4 nitrogen and oxygen atoms in total. The molecule has 0 bridgehead atoms. The maximum absolute atomic E-state index is 4.85. The van der Waals surface area contributed by atoms with E-state index in [-0.39, 0.29) is 0 Å². The molecule has 0 aromatic carbocycles. The van der Waals surface area contributed by atoms with Gasteiger partial charge in [0.25, 0.3) is 0 Å². The Morgan fingerprint density at radius 2 is 2.05 bits per heavy atom. The van der Waals surface area contributed by atoms with Crippen LogP contribution < -0.4 is 5.32 Å². The topological polar surface area (TPSA) is 50.7 Å². The van der Waals surface area contributed by atoms with Gasteiger partial charge < -0.3 is 5.32 Å². The molecule has 21 heavy (non-hydrogen) atoms. The molecule has 0 radical (unpaired) electrons. The lowest BCUT2D eigenvalue weighted by Gasteiger charge is -2.20. The van der Waals surface area contributed by atoms with Gasteiger partial charge >= 0.3 is 0 Å². The maximum Gasteiger partial charge on any atom is 0.179 e. The molecular formula is C15H14Br2N4. The van der Waals surface area contributed by atoms with Crippen LogP contribution in [0.4, 0.5) is 0 Å². The average molecular weight is 410 g/mol. The van der Waals surface area contributed by atoms with E-state index in [0.717, 1.165) is 40.0 Å². The number of rotatable bonds is 2. The Morgan fingerprint density at radius 1 is 1.19 bits per heavy atom. The van der Waals surface area contributed by atoms with Crippen molar-refractivity contribution < 1.29 is 0 Å². The number of nitrogens with one attached hydrogen (secondary N) is 1. The first-order valence-corrected chi connectivity index (χ1v) is 8.73. The van der Waals surface area contributed by atoms with Crippen LogP contribution in [0.5, 0.6) is 0 Å². The number of fused-ring (bicyclic) bond motifs is 1. The second kappa shape index (κ2) is 5.41. The zero-order chi connectivity index (χ0) is 14.4. The number of hydrogen-bond acceptors (Lipinski definition) is 4. The molecule has 108 valence electrons. The van der Waals surface area contributed by atoms with Gasteiger partial charge in [0, 0.05) is 46.1 Å². The molecule has 0 unspecified atom stereocenters. The summed E-state index contributed by atoms with van der Waals surface area (Å²) in [6, 6.07) is 1.99. The summed E-state index contributed by atoms with van der Waals surface area (Å²) < 4.78 is 1.87. The van der Waals surface area contributed by atoms with Gasteiger partial charge in [0.05, 0.1) is 11.4 Å². The van der Waals surface area contributed by atoms with Crippen LogP contribution in [0.2, 0.25) is 0 Å². The highest BCUT2D eigenvalue weighted by Crippen LogP contribution is 2.42. The molecule has 0 saturated heterocycles. The standard InChI is InChI=1S/C15H14Br2N4/c16-9-5-11(17)14(19-6-9)15-20-12-3-4-18-7-10(12)13(21-15)8-1-2-8/h5-6,8,18H,1-4,7H2. The van der Waals surface area contributed by atoms with Gasteiger partial charge in [0.1, 0.15) is 5.69 Å². The Morgan fingerprint density at radius 3 is 2.81 bits per heavy atom. The smallest absolute Gasteiger partial charge is 0.179 e. The third-order valence-corrected chi connectivity index (χ3v) is 4.99. The summed E-state index contributed by atoms with van der Waals surface area (Å²) in [6.45, 7) is 1.89. The van der Waals surface area contributed by atoms with Crippen LogP contribution in [0.15, 0.2) is 21.2 Å². The predicted octanol–water partition coefficient (Wildman–Crippen LogP) is 3.59. The molecule has 3 heterocycles. The predicted molar refractivity (Wildman–Crippen MR) is 88.0 cm³/mol. The van der Waals surface area contributed by atoms with Crippen molar-refractivity contribution in [1.29, 1.82) is 0 Å².